The van der Waals surface area contributed by atoms with Gasteiger partial charge in [0.05, 0.1) is 0 Å². The van der Waals surface area contributed by atoms with Crippen LogP contribution in [-0.2, 0) is 14.3 Å². The Morgan fingerprint density at radius 2 is 1.68 bits per heavy atom. The first-order valence-corrected chi connectivity index (χ1v) is 6.81. The van der Waals surface area contributed by atoms with Gasteiger partial charge in [0.1, 0.15) is 13.2 Å². The SMILES string of the molecule is C=C(C)C(=O)OCCOC(=O)NCCCCCCC. The molecule has 0 unspecified atom stereocenters. The second kappa shape index (κ2) is 11.6. The van der Waals surface area contributed by atoms with Gasteiger partial charge in [0.15, 0.2) is 0 Å². The number of carbonyl (C=O) groups excluding carboxylic acids is 2. The van der Waals surface area contributed by atoms with Crippen LogP contribution in [0.4, 0.5) is 4.79 Å². The first-order valence-electron chi connectivity index (χ1n) is 6.81. The lowest BCUT2D eigenvalue weighted by Crippen LogP contribution is -2.26. The van der Waals surface area contributed by atoms with Gasteiger partial charge >= 0.3 is 12.1 Å². The number of hydrogen-bond acceptors (Lipinski definition) is 4. The molecule has 0 saturated heterocycles. The van der Waals surface area contributed by atoms with Crippen molar-refractivity contribution in [1.82, 2.24) is 5.32 Å². The van der Waals surface area contributed by atoms with Crippen molar-refractivity contribution in [3.63, 3.8) is 0 Å². The second-order valence-electron chi connectivity index (χ2n) is 4.39. The van der Waals surface area contributed by atoms with Gasteiger partial charge < -0.3 is 14.8 Å². The number of carbonyl (C=O) groups is 2. The molecule has 19 heavy (non-hydrogen) atoms. The minimum absolute atomic E-state index is 0.0512. The highest BCUT2D eigenvalue weighted by molar-refractivity contribution is 5.86. The van der Waals surface area contributed by atoms with Gasteiger partial charge in [-0.15, -0.1) is 0 Å². The lowest BCUT2D eigenvalue weighted by Gasteiger charge is -2.07. The van der Waals surface area contributed by atoms with Crippen molar-refractivity contribution in [3.8, 4) is 0 Å². The molecule has 0 aliphatic heterocycles. The van der Waals surface area contributed by atoms with Crippen LogP contribution < -0.4 is 5.32 Å². The van der Waals surface area contributed by atoms with E-state index in [1.807, 2.05) is 0 Å². The smallest absolute Gasteiger partial charge is 0.407 e. The molecule has 1 amide bonds. The van der Waals surface area contributed by atoms with E-state index >= 15 is 0 Å². The molecule has 0 aromatic carbocycles. The Bertz CT molecular complexity index is 289. The summed E-state index contributed by atoms with van der Waals surface area (Å²) in [5, 5.41) is 2.65. The van der Waals surface area contributed by atoms with E-state index in [1.165, 1.54) is 19.3 Å². The Labute approximate surface area is 115 Å². The predicted molar refractivity (Wildman–Crippen MR) is 73.9 cm³/mol. The maximum absolute atomic E-state index is 11.2. The lowest BCUT2D eigenvalue weighted by atomic mass is 10.1. The van der Waals surface area contributed by atoms with Gasteiger partial charge in [0, 0.05) is 12.1 Å². The maximum atomic E-state index is 11.2. The third kappa shape index (κ3) is 11.3. The second-order valence-corrected chi connectivity index (χ2v) is 4.39. The molecule has 0 atom stereocenters. The fourth-order valence-corrected chi connectivity index (χ4v) is 1.36. The number of ether oxygens (including phenoxy) is 2. The average molecular weight is 271 g/mol. The molecule has 110 valence electrons. The number of unbranched alkanes of at least 4 members (excludes halogenated alkanes) is 4. The zero-order chi connectivity index (χ0) is 14.5. The van der Waals surface area contributed by atoms with E-state index in [2.05, 4.69) is 18.8 Å². The first kappa shape index (κ1) is 17.5. The Morgan fingerprint density at radius 3 is 2.32 bits per heavy atom. The van der Waals surface area contributed by atoms with E-state index in [-0.39, 0.29) is 13.2 Å². The number of esters is 1. The predicted octanol–water partition coefficient (Wildman–Crippen LogP) is 2.80. The van der Waals surface area contributed by atoms with Crippen molar-refractivity contribution in [2.24, 2.45) is 0 Å². The highest BCUT2D eigenvalue weighted by atomic mass is 16.6. The van der Waals surface area contributed by atoms with Crippen LogP contribution >= 0.6 is 0 Å². The van der Waals surface area contributed by atoms with Gasteiger partial charge in [-0.25, -0.2) is 9.59 Å². The summed E-state index contributed by atoms with van der Waals surface area (Å²) in [4.78, 5) is 22.2. The zero-order valence-corrected chi connectivity index (χ0v) is 12.0. The van der Waals surface area contributed by atoms with Crippen LogP contribution in [0.1, 0.15) is 46.0 Å². The van der Waals surface area contributed by atoms with E-state index in [0.717, 1.165) is 12.8 Å². The minimum Gasteiger partial charge on any atom is -0.459 e. The summed E-state index contributed by atoms with van der Waals surface area (Å²) in [6, 6.07) is 0. The van der Waals surface area contributed by atoms with Crippen molar-refractivity contribution in [1.29, 1.82) is 0 Å². The summed E-state index contributed by atoms with van der Waals surface area (Å²) >= 11 is 0. The topological polar surface area (TPSA) is 64.6 Å². The van der Waals surface area contributed by atoms with Gasteiger partial charge in [0.25, 0.3) is 0 Å². The highest BCUT2D eigenvalue weighted by Gasteiger charge is 2.04. The van der Waals surface area contributed by atoms with Crippen molar-refractivity contribution in [3.05, 3.63) is 12.2 Å². The normalized spacial score (nSPS) is 9.79. The van der Waals surface area contributed by atoms with Crippen molar-refractivity contribution >= 4 is 12.1 Å². The molecule has 0 spiro atoms. The number of alkyl carbamates (subject to hydrolysis) is 1. The van der Waals surface area contributed by atoms with E-state index in [1.54, 1.807) is 6.92 Å². The Balaban J connectivity index is 3.35. The molecule has 0 radical (unpaired) electrons. The molecule has 0 saturated carbocycles. The summed E-state index contributed by atoms with van der Waals surface area (Å²) in [5.74, 6) is -0.472. The number of amides is 1. The largest absolute Gasteiger partial charge is 0.459 e. The van der Waals surface area contributed by atoms with Crippen molar-refractivity contribution in [2.75, 3.05) is 19.8 Å². The molecular weight excluding hydrogens is 246 g/mol. The fourth-order valence-electron chi connectivity index (χ4n) is 1.36. The molecule has 0 aromatic rings. The van der Waals surface area contributed by atoms with Gasteiger partial charge in [-0.05, 0) is 13.3 Å². The zero-order valence-electron chi connectivity index (χ0n) is 12.0. The molecule has 0 fully saturated rings. The van der Waals surface area contributed by atoms with Crippen LogP contribution in [0, 0.1) is 0 Å². The van der Waals surface area contributed by atoms with Gasteiger partial charge in [-0.3, -0.25) is 0 Å². The Kier molecular flexibility index (Phi) is 10.6. The van der Waals surface area contributed by atoms with Crippen LogP contribution in [0.3, 0.4) is 0 Å². The lowest BCUT2D eigenvalue weighted by molar-refractivity contribution is -0.139. The molecule has 0 aliphatic rings. The summed E-state index contributed by atoms with van der Waals surface area (Å²) in [6.45, 7) is 7.90. The summed E-state index contributed by atoms with van der Waals surface area (Å²) < 4.78 is 9.62. The third-order valence-electron chi connectivity index (χ3n) is 2.45. The van der Waals surface area contributed by atoms with Crippen LogP contribution in [0.15, 0.2) is 12.2 Å². The minimum atomic E-state index is -0.472. The molecule has 1 N–H and O–H groups in total. The molecule has 5 nitrogen and oxygen atoms in total. The number of hydrogen-bond donors (Lipinski definition) is 1. The number of nitrogens with one attached hydrogen (secondary N) is 1. The van der Waals surface area contributed by atoms with Crippen molar-refractivity contribution in [2.45, 2.75) is 46.0 Å². The molecular formula is C14H25NO4. The molecule has 0 rings (SSSR count). The fraction of sp³-hybridized carbons (Fsp3) is 0.714. The summed E-state index contributed by atoms with van der Waals surface area (Å²) in [6.07, 6.45) is 5.24. The summed E-state index contributed by atoms with van der Waals surface area (Å²) in [5.41, 5.74) is 0.330. The van der Waals surface area contributed by atoms with E-state index < -0.39 is 12.1 Å². The van der Waals surface area contributed by atoms with E-state index in [0.29, 0.717) is 12.1 Å². The van der Waals surface area contributed by atoms with Gasteiger partial charge in [-0.1, -0.05) is 39.2 Å². The van der Waals surface area contributed by atoms with Gasteiger partial charge in [-0.2, -0.15) is 0 Å². The van der Waals surface area contributed by atoms with Gasteiger partial charge in [0.2, 0.25) is 0 Å². The Morgan fingerprint density at radius 1 is 1.05 bits per heavy atom. The van der Waals surface area contributed by atoms with E-state index in [9.17, 15) is 9.59 Å². The maximum Gasteiger partial charge on any atom is 0.407 e. The molecule has 0 aliphatic carbocycles. The van der Waals surface area contributed by atoms with E-state index in [4.69, 9.17) is 9.47 Å². The third-order valence-corrected chi connectivity index (χ3v) is 2.45. The Hall–Kier alpha value is -1.52. The van der Waals surface area contributed by atoms with Crippen molar-refractivity contribution < 1.29 is 19.1 Å². The molecule has 0 aromatic heterocycles. The number of rotatable bonds is 10. The quantitative estimate of drug-likeness (QED) is 0.377. The molecule has 5 heteroatoms. The summed E-state index contributed by atoms with van der Waals surface area (Å²) in [7, 11) is 0. The molecule has 0 bridgehead atoms. The van der Waals surface area contributed by atoms with Crippen LogP contribution in [0.25, 0.3) is 0 Å². The monoisotopic (exact) mass is 271 g/mol. The van der Waals surface area contributed by atoms with Crippen LogP contribution in [-0.4, -0.2) is 31.8 Å². The van der Waals surface area contributed by atoms with Crippen LogP contribution in [0.5, 0.6) is 0 Å². The molecule has 0 heterocycles. The van der Waals surface area contributed by atoms with Crippen LogP contribution in [0.2, 0.25) is 0 Å². The average Bonchev–Trinajstić information content (AvgIpc) is 2.38. The highest BCUT2D eigenvalue weighted by Crippen LogP contribution is 2.01. The first-order chi connectivity index (χ1) is 9.07. The standard InChI is InChI=1S/C14H25NO4/c1-4-5-6-7-8-9-15-14(17)19-11-10-18-13(16)12(2)3/h2,4-11H2,1,3H3,(H,15,17).